The van der Waals surface area contributed by atoms with Crippen molar-refractivity contribution in [3.05, 3.63) is 17.5 Å². The molecule has 1 aromatic heterocycles. The summed E-state index contributed by atoms with van der Waals surface area (Å²) in [4.78, 5) is 2.05. The second kappa shape index (κ2) is 6.00. The lowest BCUT2D eigenvalue weighted by molar-refractivity contribution is 0.151. The van der Waals surface area contributed by atoms with Gasteiger partial charge in [-0.05, 0) is 6.92 Å². The van der Waals surface area contributed by atoms with Crippen LogP contribution >= 0.6 is 0 Å². The Hall–Kier alpha value is -0.960. The van der Waals surface area contributed by atoms with E-state index in [-0.39, 0.29) is 12.4 Å². The summed E-state index contributed by atoms with van der Waals surface area (Å²) in [6, 6.07) is 1.64. The van der Waals surface area contributed by atoms with Gasteiger partial charge in [-0.1, -0.05) is 5.16 Å². The molecule has 1 aromatic rings. The minimum Gasteiger partial charge on any atom is -0.395 e. The molecule has 0 radical (unpaired) electrons. The number of rotatable bonds is 5. The van der Waals surface area contributed by atoms with Gasteiger partial charge in [0.25, 0.3) is 0 Å². The number of aliphatic hydroxyl groups is 1. The first-order chi connectivity index (χ1) is 9.01. The summed E-state index contributed by atoms with van der Waals surface area (Å²) in [5, 5.41) is 12.6. The van der Waals surface area contributed by atoms with E-state index >= 15 is 0 Å². The van der Waals surface area contributed by atoms with Gasteiger partial charge in [0.1, 0.15) is 17.2 Å². The Morgan fingerprint density at radius 3 is 2.58 bits per heavy atom. The normalized spacial score (nSPS) is 18.8. The van der Waals surface area contributed by atoms with Crippen LogP contribution in [-0.4, -0.2) is 67.2 Å². The first kappa shape index (κ1) is 14.4. The first-order valence-corrected chi connectivity index (χ1v) is 7.85. The first-order valence-electron chi connectivity index (χ1n) is 6.24. The molecule has 1 aliphatic heterocycles. The number of sulfonamides is 1. The summed E-state index contributed by atoms with van der Waals surface area (Å²) in [5.41, 5.74) is 0.440. The van der Waals surface area contributed by atoms with Crippen molar-refractivity contribution in [1.29, 1.82) is 0 Å². The second-order valence-corrected chi connectivity index (χ2v) is 6.62. The van der Waals surface area contributed by atoms with Crippen molar-refractivity contribution in [2.45, 2.75) is 12.7 Å². The minimum absolute atomic E-state index is 0.102. The number of aryl methyl sites for hydroxylation is 1. The van der Waals surface area contributed by atoms with Crippen molar-refractivity contribution in [2.75, 3.05) is 39.3 Å². The third-order valence-electron chi connectivity index (χ3n) is 3.15. The molecule has 1 N–H and O–H groups in total. The van der Waals surface area contributed by atoms with Gasteiger partial charge in [0.15, 0.2) is 0 Å². The van der Waals surface area contributed by atoms with Gasteiger partial charge >= 0.3 is 0 Å². The lowest BCUT2D eigenvalue weighted by Gasteiger charge is -2.33. The fraction of sp³-hybridized carbons (Fsp3) is 0.727. The summed E-state index contributed by atoms with van der Waals surface area (Å²) < 4.78 is 30.8. The lowest BCUT2D eigenvalue weighted by atomic mass is 10.4. The van der Waals surface area contributed by atoms with Crippen molar-refractivity contribution in [2.24, 2.45) is 0 Å². The molecule has 8 heteroatoms. The Labute approximate surface area is 112 Å². The van der Waals surface area contributed by atoms with Crippen LogP contribution in [0, 0.1) is 6.92 Å². The maximum absolute atomic E-state index is 12.2. The van der Waals surface area contributed by atoms with Gasteiger partial charge in [0.2, 0.25) is 10.0 Å². The van der Waals surface area contributed by atoms with Crippen LogP contribution in [-0.2, 0) is 15.8 Å². The molecule has 0 bridgehead atoms. The molecule has 7 nitrogen and oxygen atoms in total. The maximum atomic E-state index is 12.2. The molecule has 2 heterocycles. The fourth-order valence-electron chi connectivity index (χ4n) is 2.14. The van der Waals surface area contributed by atoms with Gasteiger partial charge < -0.3 is 9.63 Å². The van der Waals surface area contributed by atoms with Crippen molar-refractivity contribution >= 4 is 10.0 Å². The number of nitrogens with zero attached hydrogens (tertiary/aromatic N) is 3. The highest BCUT2D eigenvalue weighted by atomic mass is 32.2. The van der Waals surface area contributed by atoms with Gasteiger partial charge in [-0.25, -0.2) is 8.42 Å². The highest BCUT2D eigenvalue weighted by molar-refractivity contribution is 7.88. The average molecular weight is 289 g/mol. The van der Waals surface area contributed by atoms with Crippen molar-refractivity contribution in [3.8, 4) is 0 Å². The van der Waals surface area contributed by atoms with Gasteiger partial charge in [-0.3, -0.25) is 4.90 Å². The SMILES string of the molecule is Cc1cc(CS(=O)(=O)N2CCN(CCO)CC2)no1. The van der Waals surface area contributed by atoms with Crippen molar-refractivity contribution in [1.82, 2.24) is 14.4 Å². The van der Waals surface area contributed by atoms with E-state index in [1.807, 2.05) is 4.90 Å². The van der Waals surface area contributed by atoms with Gasteiger partial charge in [0, 0.05) is 38.8 Å². The molecule has 0 unspecified atom stereocenters. The second-order valence-electron chi connectivity index (χ2n) is 4.65. The van der Waals surface area contributed by atoms with Crippen LogP contribution in [0.4, 0.5) is 0 Å². The number of aliphatic hydroxyl groups excluding tert-OH is 1. The maximum Gasteiger partial charge on any atom is 0.220 e. The smallest absolute Gasteiger partial charge is 0.220 e. The van der Waals surface area contributed by atoms with Gasteiger partial charge in [-0.15, -0.1) is 0 Å². The van der Waals surface area contributed by atoms with Gasteiger partial charge in [-0.2, -0.15) is 4.31 Å². The summed E-state index contributed by atoms with van der Waals surface area (Å²) in [5.74, 6) is 0.489. The molecular formula is C11H19N3O4S. The zero-order chi connectivity index (χ0) is 13.9. The predicted octanol–water partition coefficient (Wildman–Crippen LogP) is -0.577. The Morgan fingerprint density at radius 1 is 1.37 bits per heavy atom. The van der Waals surface area contributed by atoms with Gasteiger partial charge in [0.05, 0.1) is 6.61 Å². The highest BCUT2D eigenvalue weighted by Gasteiger charge is 2.27. The average Bonchev–Trinajstić information content (AvgIpc) is 2.75. The van der Waals surface area contributed by atoms with E-state index in [4.69, 9.17) is 9.63 Å². The third-order valence-corrected chi connectivity index (χ3v) is 4.96. The van der Waals surface area contributed by atoms with Crippen LogP contribution < -0.4 is 0 Å². The largest absolute Gasteiger partial charge is 0.395 e. The quantitative estimate of drug-likeness (QED) is 0.780. The van der Waals surface area contributed by atoms with Crippen LogP contribution in [0.2, 0.25) is 0 Å². The Balaban J connectivity index is 1.94. The van der Waals surface area contributed by atoms with E-state index < -0.39 is 10.0 Å². The van der Waals surface area contributed by atoms with Crippen LogP contribution in [0.3, 0.4) is 0 Å². The zero-order valence-electron chi connectivity index (χ0n) is 10.9. The van der Waals surface area contributed by atoms with E-state index in [1.165, 1.54) is 4.31 Å². The minimum atomic E-state index is -3.34. The van der Waals surface area contributed by atoms with E-state index in [0.29, 0.717) is 44.2 Å². The monoisotopic (exact) mass is 289 g/mol. The molecule has 1 aliphatic rings. The summed E-state index contributed by atoms with van der Waals surface area (Å²) in [6.07, 6.45) is 0. The van der Waals surface area contributed by atoms with E-state index in [1.54, 1.807) is 13.0 Å². The Bertz CT molecular complexity index is 506. The topological polar surface area (TPSA) is 86.9 Å². The Morgan fingerprint density at radius 2 is 2.05 bits per heavy atom. The molecular weight excluding hydrogens is 270 g/mol. The molecule has 0 aromatic carbocycles. The van der Waals surface area contributed by atoms with E-state index in [0.717, 1.165) is 0 Å². The highest BCUT2D eigenvalue weighted by Crippen LogP contribution is 2.13. The molecule has 0 amide bonds. The zero-order valence-corrected chi connectivity index (χ0v) is 11.8. The molecule has 1 fully saturated rings. The van der Waals surface area contributed by atoms with Crippen LogP contribution in [0.1, 0.15) is 11.5 Å². The molecule has 0 aliphatic carbocycles. The molecule has 108 valence electrons. The fourth-order valence-corrected chi connectivity index (χ4v) is 3.55. The number of hydrogen-bond acceptors (Lipinski definition) is 6. The molecule has 0 atom stereocenters. The number of aromatic nitrogens is 1. The molecule has 2 rings (SSSR count). The van der Waals surface area contributed by atoms with Crippen molar-refractivity contribution in [3.63, 3.8) is 0 Å². The molecule has 0 saturated carbocycles. The van der Waals surface area contributed by atoms with Crippen LogP contribution in [0.5, 0.6) is 0 Å². The number of β-amino-alcohol motifs (C(OH)–C–C–N with tert-alkyl or cyclic N) is 1. The third kappa shape index (κ3) is 3.75. The molecule has 19 heavy (non-hydrogen) atoms. The number of hydrogen-bond donors (Lipinski definition) is 1. The standard InChI is InChI=1S/C11H19N3O4S/c1-10-8-11(12-18-10)9-19(16,17)14-4-2-13(3-5-14)6-7-15/h8,15H,2-7,9H2,1H3. The van der Waals surface area contributed by atoms with E-state index in [9.17, 15) is 8.42 Å². The van der Waals surface area contributed by atoms with Crippen molar-refractivity contribution < 1.29 is 18.0 Å². The molecule has 1 saturated heterocycles. The lowest BCUT2D eigenvalue weighted by Crippen LogP contribution is -2.49. The number of piperazine rings is 1. The molecule has 0 spiro atoms. The summed E-state index contributed by atoms with van der Waals surface area (Å²) in [7, 11) is -3.34. The Kier molecular flexibility index (Phi) is 4.56. The van der Waals surface area contributed by atoms with Crippen LogP contribution in [0.15, 0.2) is 10.6 Å². The summed E-state index contributed by atoms with van der Waals surface area (Å²) >= 11 is 0. The predicted molar refractivity (Wildman–Crippen MR) is 69.0 cm³/mol. The van der Waals surface area contributed by atoms with Crippen LogP contribution in [0.25, 0.3) is 0 Å². The van der Waals surface area contributed by atoms with E-state index in [2.05, 4.69) is 5.16 Å². The summed E-state index contributed by atoms with van der Waals surface area (Å²) in [6.45, 7) is 4.64.